The summed E-state index contributed by atoms with van der Waals surface area (Å²) in [5.41, 5.74) is 2.58. The number of hydrogen-bond donors (Lipinski definition) is 1. The molecule has 1 N–H and O–H groups in total. The highest BCUT2D eigenvalue weighted by Gasteiger charge is 2.18. The minimum atomic E-state index is -0.652. The maximum absolute atomic E-state index is 12.2. The monoisotopic (exact) mass is 401 g/mol. The summed E-state index contributed by atoms with van der Waals surface area (Å²) in [5.74, 6) is -1.72. The number of rotatable bonds is 6. The lowest BCUT2D eigenvalue weighted by atomic mass is 9.87. The number of thiophene rings is 1. The molecule has 1 heterocycles. The van der Waals surface area contributed by atoms with Gasteiger partial charge in [0, 0.05) is 10.4 Å². The molecule has 0 fully saturated rings. The van der Waals surface area contributed by atoms with Crippen LogP contribution in [0.4, 0.5) is 0 Å². The smallest absolute Gasteiger partial charge is 0.348 e. The number of nitrogens with one attached hydrogen (secondary N) is 1. The van der Waals surface area contributed by atoms with Crippen molar-refractivity contribution in [3.05, 3.63) is 56.8 Å². The number of ether oxygens (including phenoxy) is 1. The van der Waals surface area contributed by atoms with Crippen molar-refractivity contribution in [2.45, 2.75) is 52.9 Å². The van der Waals surface area contributed by atoms with Gasteiger partial charge >= 0.3 is 5.97 Å². The standard InChI is InChI=1S/C22H27NO4S/c1-6-7-16-12-18(28-14(16)2)21(26)27-13-19(24)23-20(25)15-8-10-17(11-9-15)22(3,4)5/h8-12H,6-7,13H2,1-5H3,(H,23,24,25). The van der Waals surface area contributed by atoms with Gasteiger partial charge in [-0.3, -0.25) is 14.9 Å². The van der Waals surface area contributed by atoms with Gasteiger partial charge in [-0.05, 0) is 48.1 Å². The average Bonchev–Trinajstić information content (AvgIpc) is 3.00. The van der Waals surface area contributed by atoms with Crippen molar-refractivity contribution in [3.63, 3.8) is 0 Å². The van der Waals surface area contributed by atoms with Crippen molar-refractivity contribution in [2.75, 3.05) is 6.61 Å². The van der Waals surface area contributed by atoms with E-state index in [9.17, 15) is 14.4 Å². The summed E-state index contributed by atoms with van der Waals surface area (Å²) in [6.45, 7) is 9.79. The van der Waals surface area contributed by atoms with Gasteiger partial charge in [-0.2, -0.15) is 0 Å². The molecule has 5 nitrogen and oxygen atoms in total. The van der Waals surface area contributed by atoms with Gasteiger partial charge in [0.25, 0.3) is 11.8 Å². The van der Waals surface area contributed by atoms with Gasteiger partial charge in [0.1, 0.15) is 4.88 Å². The number of esters is 1. The first-order valence-electron chi connectivity index (χ1n) is 9.33. The Morgan fingerprint density at radius 3 is 2.32 bits per heavy atom. The summed E-state index contributed by atoms with van der Waals surface area (Å²) >= 11 is 1.35. The summed E-state index contributed by atoms with van der Waals surface area (Å²) in [7, 11) is 0. The number of amides is 2. The maximum Gasteiger partial charge on any atom is 0.348 e. The zero-order chi connectivity index (χ0) is 20.9. The van der Waals surface area contributed by atoms with E-state index >= 15 is 0 Å². The van der Waals surface area contributed by atoms with Crippen molar-refractivity contribution < 1.29 is 19.1 Å². The lowest BCUT2D eigenvalue weighted by Gasteiger charge is -2.18. The Kier molecular flexibility index (Phi) is 7.13. The molecule has 0 bridgehead atoms. The third kappa shape index (κ3) is 5.76. The maximum atomic E-state index is 12.2. The number of hydrogen-bond acceptors (Lipinski definition) is 5. The predicted octanol–water partition coefficient (Wildman–Crippen LogP) is 4.42. The Balaban J connectivity index is 1.88. The lowest BCUT2D eigenvalue weighted by molar-refractivity contribution is -0.123. The van der Waals surface area contributed by atoms with Crippen LogP contribution in [0.15, 0.2) is 30.3 Å². The minimum Gasteiger partial charge on any atom is -0.451 e. The van der Waals surface area contributed by atoms with Crippen molar-refractivity contribution in [2.24, 2.45) is 0 Å². The highest BCUT2D eigenvalue weighted by Crippen LogP contribution is 2.24. The quantitative estimate of drug-likeness (QED) is 0.727. The molecule has 2 aromatic rings. The van der Waals surface area contributed by atoms with E-state index in [4.69, 9.17) is 4.74 Å². The minimum absolute atomic E-state index is 0.0177. The second-order valence-corrected chi connectivity index (χ2v) is 8.98. The second kappa shape index (κ2) is 9.15. The van der Waals surface area contributed by atoms with Gasteiger partial charge < -0.3 is 4.74 Å². The van der Waals surface area contributed by atoms with Gasteiger partial charge in [0.15, 0.2) is 6.61 Å². The number of aryl methyl sites for hydroxylation is 2. The molecule has 2 amide bonds. The molecular formula is C22H27NO4S. The van der Waals surface area contributed by atoms with E-state index < -0.39 is 24.4 Å². The molecule has 0 saturated carbocycles. The SMILES string of the molecule is CCCc1cc(C(=O)OCC(=O)NC(=O)c2ccc(C(C)(C)C)cc2)sc1C. The van der Waals surface area contributed by atoms with E-state index in [1.807, 2.05) is 25.1 Å². The van der Waals surface area contributed by atoms with E-state index in [1.165, 1.54) is 11.3 Å². The number of imide groups is 1. The Bertz CT molecular complexity index is 860. The van der Waals surface area contributed by atoms with Crippen LogP contribution in [0.1, 0.15) is 70.1 Å². The zero-order valence-corrected chi connectivity index (χ0v) is 17.9. The molecule has 1 aromatic carbocycles. The normalized spacial score (nSPS) is 11.2. The first-order valence-corrected chi connectivity index (χ1v) is 10.1. The van der Waals surface area contributed by atoms with Crippen molar-refractivity contribution >= 4 is 29.1 Å². The second-order valence-electron chi connectivity index (χ2n) is 7.72. The molecule has 0 unspecified atom stereocenters. The van der Waals surface area contributed by atoms with Crippen LogP contribution in [0.5, 0.6) is 0 Å². The van der Waals surface area contributed by atoms with Crippen LogP contribution in [-0.4, -0.2) is 24.4 Å². The fourth-order valence-electron chi connectivity index (χ4n) is 2.70. The van der Waals surface area contributed by atoms with Gasteiger partial charge in [-0.25, -0.2) is 4.79 Å². The van der Waals surface area contributed by atoms with Crippen LogP contribution in [0.2, 0.25) is 0 Å². The number of benzene rings is 1. The molecule has 150 valence electrons. The Hall–Kier alpha value is -2.47. The highest BCUT2D eigenvalue weighted by atomic mass is 32.1. The fourth-order valence-corrected chi connectivity index (χ4v) is 3.66. The topological polar surface area (TPSA) is 72.5 Å². The number of carbonyl (C=O) groups is 3. The van der Waals surface area contributed by atoms with Gasteiger partial charge in [-0.1, -0.05) is 46.2 Å². The van der Waals surface area contributed by atoms with E-state index in [-0.39, 0.29) is 5.41 Å². The highest BCUT2D eigenvalue weighted by molar-refractivity contribution is 7.14. The molecule has 28 heavy (non-hydrogen) atoms. The van der Waals surface area contributed by atoms with Crippen LogP contribution >= 0.6 is 11.3 Å². The molecule has 0 aliphatic carbocycles. The van der Waals surface area contributed by atoms with Crippen molar-refractivity contribution in [3.8, 4) is 0 Å². The third-order valence-corrected chi connectivity index (χ3v) is 5.41. The molecule has 0 aliphatic rings. The fraction of sp³-hybridized carbons (Fsp3) is 0.409. The van der Waals surface area contributed by atoms with E-state index in [0.717, 1.165) is 28.8 Å². The Morgan fingerprint density at radius 1 is 1.11 bits per heavy atom. The van der Waals surface area contributed by atoms with Gasteiger partial charge in [-0.15, -0.1) is 11.3 Å². The Morgan fingerprint density at radius 2 is 1.75 bits per heavy atom. The average molecular weight is 402 g/mol. The molecule has 6 heteroatoms. The number of carbonyl (C=O) groups excluding carboxylic acids is 3. The first-order chi connectivity index (χ1) is 13.1. The van der Waals surface area contributed by atoms with Gasteiger partial charge in [0.2, 0.25) is 0 Å². The molecular weight excluding hydrogens is 374 g/mol. The van der Waals surface area contributed by atoms with Crippen LogP contribution in [0, 0.1) is 6.92 Å². The largest absolute Gasteiger partial charge is 0.451 e. The van der Waals surface area contributed by atoms with E-state index in [1.54, 1.807) is 12.1 Å². The van der Waals surface area contributed by atoms with Crippen LogP contribution < -0.4 is 5.32 Å². The summed E-state index contributed by atoms with van der Waals surface area (Å²) in [6, 6.07) is 8.91. The lowest BCUT2D eigenvalue weighted by Crippen LogP contribution is -2.34. The van der Waals surface area contributed by atoms with Crippen LogP contribution in [0.3, 0.4) is 0 Å². The van der Waals surface area contributed by atoms with E-state index in [2.05, 4.69) is 33.0 Å². The van der Waals surface area contributed by atoms with Crippen molar-refractivity contribution in [1.82, 2.24) is 5.32 Å². The Labute approximate surface area is 170 Å². The molecule has 0 saturated heterocycles. The summed E-state index contributed by atoms with van der Waals surface area (Å²) in [4.78, 5) is 37.8. The first kappa shape index (κ1) is 21.8. The molecule has 1 aromatic heterocycles. The zero-order valence-electron chi connectivity index (χ0n) is 17.0. The van der Waals surface area contributed by atoms with Crippen LogP contribution in [-0.2, 0) is 21.4 Å². The summed E-state index contributed by atoms with van der Waals surface area (Å²) in [6.07, 6.45) is 1.89. The third-order valence-electron chi connectivity index (χ3n) is 4.34. The van der Waals surface area contributed by atoms with Gasteiger partial charge in [0.05, 0.1) is 0 Å². The molecule has 0 spiro atoms. The van der Waals surface area contributed by atoms with Crippen LogP contribution in [0.25, 0.3) is 0 Å². The molecule has 0 radical (unpaired) electrons. The molecule has 0 atom stereocenters. The molecule has 0 aliphatic heterocycles. The predicted molar refractivity (Wildman–Crippen MR) is 111 cm³/mol. The summed E-state index contributed by atoms with van der Waals surface area (Å²) < 4.78 is 5.04. The van der Waals surface area contributed by atoms with E-state index in [0.29, 0.717) is 10.4 Å². The summed E-state index contributed by atoms with van der Waals surface area (Å²) in [5, 5.41) is 2.25. The molecule has 2 rings (SSSR count). The van der Waals surface area contributed by atoms with Crippen molar-refractivity contribution in [1.29, 1.82) is 0 Å².